The molecule has 2 aromatic heterocycles. The average Bonchev–Trinajstić information content (AvgIpc) is 3.41. The highest BCUT2D eigenvalue weighted by atomic mass is 16.3. The van der Waals surface area contributed by atoms with E-state index in [2.05, 4.69) is 57.2 Å². The number of fused-ring (bicyclic) bond motifs is 5. The molecule has 0 aliphatic heterocycles. The van der Waals surface area contributed by atoms with Crippen molar-refractivity contribution in [3.05, 3.63) is 81.9 Å². The topological polar surface area (TPSA) is 50.4 Å². The van der Waals surface area contributed by atoms with Gasteiger partial charge in [-0.1, -0.05) is 55.8 Å². The number of benzene rings is 3. The lowest BCUT2D eigenvalue weighted by atomic mass is 9.82. The Morgan fingerprint density at radius 2 is 1.48 bits per heavy atom. The number of aliphatic hydroxyl groups is 1. The summed E-state index contributed by atoms with van der Waals surface area (Å²) >= 11 is 0. The van der Waals surface area contributed by atoms with Crippen LogP contribution in [0.5, 0.6) is 0 Å². The van der Waals surface area contributed by atoms with Crippen LogP contribution in [-0.4, -0.2) is 10.9 Å². The van der Waals surface area contributed by atoms with E-state index in [9.17, 15) is 9.90 Å². The van der Waals surface area contributed by atoms with E-state index in [1.54, 1.807) is 0 Å². The van der Waals surface area contributed by atoms with E-state index >= 15 is 0 Å². The van der Waals surface area contributed by atoms with Gasteiger partial charge in [0, 0.05) is 5.56 Å². The molecule has 3 nitrogen and oxygen atoms in total. The van der Waals surface area contributed by atoms with Crippen LogP contribution in [0.15, 0.2) is 52.9 Å². The van der Waals surface area contributed by atoms with Gasteiger partial charge in [-0.2, -0.15) is 0 Å². The standard InChI is InChI=1S/C26H24O3/c1-4-15-12-18(17-8-6-14(3)7-9-17)13-16(5-2)21(15)24-25(27)22-19-10-11-20(29-19)23(22)26(24)28/h6-13,24-25,27H,4-5H2,1-3H3. The van der Waals surface area contributed by atoms with Crippen LogP contribution in [0.1, 0.15) is 64.0 Å². The Morgan fingerprint density at radius 3 is 2.07 bits per heavy atom. The summed E-state index contributed by atoms with van der Waals surface area (Å²) in [6, 6.07) is 16.6. The normalized spacial score (nSPS) is 18.7. The minimum absolute atomic E-state index is 0.0191. The van der Waals surface area contributed by atoms with Crippen molar-refractivity contribution in [1.29, 1.82) is 0 Å². The van der Waals surface area contributed by atoms with Crippen LogP contribution in [0.25, 0.3) is 22.3 Å². The molecule has 146 valence electrons. The fourth-order valence-electron chi connectivity index (χ4n) is 4.85. The van der Waals surface area contributed by atoms with E-state index in [4.69, 9.17) is 4.42 Å². The van der Waals surface area contributed by atoms with Crippen LogP contribution in [0, 0.1) is 6.92 Å². The van der Waals surface area contributed by atoms with Crippen molar-refractivity contribution < 1.29 is 14.3 Å². The third-order valence-electron chi connectivity index (χ3n) is 6.34. The summed E-state index contributed by atoms with van der Waals surface area (Å²) in [7, 11) is 0. The van der Waals surface area contributed by atoms with Crippen molar-refractivity contribution in [2.75, 3.05) is 0 Å². The molecule has 2 atom stereocenters. The van der Waals surface area contributed by atoms with Gasteiger partial charge in [-0.05, 0) is 59.7 Å². The van der Waals surface area contributed by atoms with E-state index in [0.29, 0.717) is 22.3 Å². The minimum atomic E-state index is -0.851. The molecule has 2 bridgehead atoms. The maximum absolute atomic E-state index is 13.4. The van der Waals surface area contributed by atoms with E-state index in [0.717, 1.165) is 35.1 Å². The molecular formula is C26H24O3. The molecule has 2 heterocycles. The number of carbonyl (C=O) groups excluding carboxylic acids is 1. The molecule has 1 N–H and O–H groups in total. The monoisotopic (exact) mass is 384 g/mol. The molecule has 4 aromatic rings. The molecule has 29 heavy (non-hydrogen) atoms. The summed E-state index contributed by atoms with van der Waals surface area (Å²) in [4.78, 5) is 13.4. The molecule has 1 aliphatic rings. The second-order valence-electron chi connectivity index (χ2n) is 8.02. The van der Waals surface area contributed by atoms with Crippen LogP contribution in [-0.2, 0) is 12.8 Å². The number of ketones is 1. The van der Waals surface area contributed by atoms with E-state index in [-0.39, 0.29) is 5.78 Å². The third kappa shape index (κ3) is 2.57. The van der Waals surface area contributed by atoms with E-state index in [1.165, 1.54) is 11.1 Å². The summed E-state index contributed by atoms with van der Waals surface area (Å²) in [5.74, 6) is -0.569. The molecule has 0 radical (unpaired) electrons. The SMILES string of the molecule is CCc1cc(-c2ccc(C)cc2)cc(CC)c1C1C(=O)c2c(c3ccc2o3)C1O. The second-order valence-corrected chi connectivity index (χ2v) is 8.02. The molecule has 2 aromatic carbocycles. The number of aliphatic hydroxyl groups excluding tert-OH is 1. The van der Waals surface area contributed by atoms with Crippen LogP contribution in [0.4, 0.5) is 0 Å². The zero-order chi connectivity index (χ0) is 20.3. The fourth-order valence-corrected chi connectivity index (χ4v) is 4.85. The summed E-state index contributed by atoms with van der Waals surface area (Å²) in [6.45, 7) is 6.31. The van der Waals surface area contributed by atoms with Crippen LogP contribution in [0.3, 0.4) is 0 Å². The Balaban J connectivity index is 1.66. The molecule has 0 saturated carbocycles. The number of aryl methyl sites for hydroxylation is 3. The van der Waals surface area contributed by atoms with Gasteiger partial charge in [-0.25, -0.2) is 0 Å². The number of carbonyl (C=O) groups is 1. The highest BCUT2D eigenvalue weighted by molar-refractivity contribution is 6.13. The molecule has 0 spiro atoms. The van der Waals surface area contributed by atoms with Crippen LogP contribution in [0.2, 0.25) is 0 Å². The second kappa shape index (κ2) is 6.57. The Labute approximate surface area is 170 Å². The lowest BCUT2D eigenvalue weighted by molar-refractivity contribution is 0.0870. The first-order valence-corrected chi connectivity index (χ1v) is 10.3. The Morgan fingerprint density at radius 1 is 0.862 bits per heavy atom. The van der Waals surface area contributed by atoms with Crippen molar-refractivity contribution >= 4 is 16.9 Å². The highest BCUT2D eigenvalue weighted by Crippen LogP contribution is 2.50. The molecule has 1 aliphatic carbocycles. The van der Waals surface area contributed by atoms with Gasteiger partial charge in [0.25, 0.3) is 0 Å². The first kappa shape index (κ1) is 18.1. The predicted octanol–water partition coefficient (Wildman–Crippen LogP) is 5.98. The Kier molecular flexibility index (Phi) is 4.11. The number of hydrogen-bond donors (Lipinski definition) is 1. The maximum atomic E-state index is 13.4. The van der Waals surface area contributed by atoms with Gasteiger partial charge in [0.2, 0.25) is 0 Å². The zero-order valence-corrected chi connectivity index (χ0v) is 17.0. The molecule has 2 unspecified atom stereocenters. The van der Waals surface area contributed by atoms with Gasteiger partial charge in [-0.15, -0.1) is 0 Å². The summed E-state index contributed by atoms with van der Waals surface area (Å²) in [5, 5.41) is 11.1. The largest absolute Gasteiger partial charge is 0.456 e. The summed E-state index contributed by atoms with van der Waals surface area (Å²) in [5.41, 5.74) is 9.31. The van der Waals surface area contributed by atoms with Gasteiger partial charge in [-0.3, -0.25) is 4.79 Å². The molecule has 5 rings (SSSR count). The fraction of sp³-hybridized carbons (Fsp3) is 0.269. The zero-order valence-electron chi connectivity index (χ0n) is 17.0. The Bertz CT molecular complexity index is 1190. The number of hydrogen-bond acceptors (Lipinski definition) is 3. The summed E-state index contributed by atoms with van der Waals surface area (Å²) in [6.07, 6.45) is 0.770. The lowest BCUT2D eigenvalue weighted by Gasteiger charge is -2.23. The van der Waals surface area contributed by atoms with Crippen molar-refractivity contribution in [3.63, 3.8) is 0 Å². The van der Waals surface area contributed by atoms with Crippen LogP contribution >= 0.6 is 0 Å². The third-order valence-corrected chi connectivity index (χ3v) is 6.34. The number of furan rings is 2. The molecule has 0 amide bonds. The molecular weight excluding hydrogens is 360 g/mol. The van der Waals surface area contributed by atoms with E-state index in [1.807, 2.05) is 12.1 Å². The van der Waals surface area contributed by atoms with Gasteiger partial charge in [0.1, 0.15) is 11.2 Å². The predicted molar refractivity (Wildman–Crippen MR) is 115 cm³/mol. The van der Waals surface area contributed by atoms with Crippen LogP contribution < -0.4 is 0 Å². The number of Topliss-reactive ketones (excluding diaryl/α,β-unsaturated/α-hetero) is 1. The van der Waals surface area contributed by atoms with Crippen molar-refractivity contribution in [2.45, 2.75) is 45.6 Å². The highest BCUT2D eigenvalue weighted by Gasteiger charge is 2.45. The molecule has 3 heteroatoms. The molecule has 0 saturated heterocycles. The van der Waals surface area contributed by atoms with Crippen molar-refractivity contribution in [3.8, 4) is 11.1 Å². The van der Waals surface area contributed by atoms with Gasteiger partial charge in [0.05, 0.1) is 17.6 Å². The average molecular weight is 384 g/mol. The van der Waals surface area contributed by atoms with E-state index < -0.39 is 12.0 Å². The minimum Gasteiger partial charge on any atom is -0.456 e. The Hall–Kier alpha value is -2.91. The van der Waals surface area contributed by atoms with Gasteiger partial charge < -0.3 is 9.52 Å². The first-order chi connectivity index (χ1) is 14.0. The summed E-state index contributed by atoms with van der Waals surface area (Å²) < 4.78 is 5.63. The first-order valence-electron chi connectivity index (χ1n) is 10.3. The maximum Gasteiger partial charge on any atom is 0.177 e. The smallest absolute Gasteiger partial charge is 0.177 e. The lowest BCUT2D eigenvalue weighted by Crippen LogP contribution is -2.16. The van der Waals surface area contributed by atoms with Gasteiger partial charge >= 0.3 is 0 Å². The molecule has 0 fully saturated rings. The van der Waals surface area contributed by atoms with Crippen molar-refractivity contribution in [1.82, 2.24) is 0 Å². The number of rotatable bonds is 4. The van der Waals surface area contributed by atoms with Gasteiger partial charge in [0.15, 0.2) is 5.78 Å². The quantitative estimate of drug-likeness (QED) is 0.470. The van der Waals surface area contributed by atoms with Crippen molar-refractivity contribution in [2.24, 2.45) is 0 Å².